The summed E-state index contributed by atoms with van der Waals surface area (Å²) in [7, 11) is 0. The minimum atomic E-state index is -1.32. The van der Waals surface area contributed by atoms with E-state index in [9.17, 15) is 15.0 Å². The van der Waals surface area contributed by atoms with E-state index >= 15 is 0 Å². The molecule has 2 N–H and O–H groups in total. The number of nitrogens with zero attached hydrogens (tertiary/aromatic N) is 3. The summed E-state index contributed by atoms with van der Waals surface area (Å²) in [6.07, 6.45) is -2.09. The van der Waals surface area contributed by atoms with Gasteiger partial charge in [0, 0.05) is 4.91 Å². The second-order valence-corrected chi connectivity index (χ2v) is 2.78. The van der Waals surface area contributed by atoms with E-state index in [-0.39, 0.29) is 18.1 Å². The standard InChI is InChI=1S/C8H9N3O4/c9-11-10-3-6(13)8(14)7-2-1-5(4-12)15-7/h1-2,4,6,8,13-14H,3H2. The van der Waals surface area contributed by atoms with Crippen molar-refractivity contribution in [2.75, 3.05) is 6.54 Å². The number of carbonyl (C=O) groups is 1. The summed E-state index contributed by atoms with van der Waals surface area (Å²) in [6.45, 7) is -0.269. The zero-order chi connectivity index (χ0) is 11.3. The molecule has 7 nitrogen and oxygen atoms in total. The molecule has 1 aromatic rings. The molecule has 0 spiro atoms. The molecule has 0 saturated heterocycles. The van der Waals surface area contributed by atoms with Gasteiger partial charge in [0.15, 0.2) is 12.0 Å². The topological polar surface area (TPSA) is 119 Å². The average Bonchev–Trinajstić information content (AvgIpc) is 2.73. The van der Waals surface area contributed by atoms with Crippen molar-refractivity contribution in [2.24, 2.45) is 5.11 Å². The smallest absolute Gasteiger partial charge is 0.185 e. The van der Waals surface area contributed by atoms with E-state index in [2.05, 4.69) is 10.0 Å². The summed E-state index contributed by atoms with van der Waals surface area (Å²) in [5, 5.41) is 21.9. The fraction of sp³-hybridized carbons (Fsp3) is 0.375. The second kappa shape index (κ2) is 5.16. The molecule has 2 unspecified atom stereocenters. The molecule has 0 amide bonds. The highest BCUT2D eigenvalue weighted by atomic mass is 16.4. The molecule has 2 atom stereocenters. The fourth-order valence-corrected chi connectivity index (χ4v) is 1.00. The average molecular weight is 211 g/mol. The number of carbonyl (C=O) groups excluding carboxylic acids is 1. The molecule has 7 heteroatoms. The van der Waals surface area contributed by atoms with E-state index in [1.54, 1.807) is 0 Å². The molecule has 0 bridgehead atoms. The van der Waals surface area contributed by atoms with Crippen LogP contribution in [-0.2, 0) is 0 Å². The lowest BCUT2D eigenvalue weighted by Gasteiger charge is -2.12. The predicted molar refractivity (Wildman–Crippen MR) is 49.1 cm³/mol. The van der Waals surface area contributed by atoms with E-state index in [0.717, 1.165) is 0 Å². The summed E-state index contributed by atoms with van der Waals surface area (Å²) in [6, 6.07) is 2.74. The monoisotopic (exact) mass is 211 g/mol. The number of hydrogen-bond acceptors (Lipinski definition) is 5. The molecule has 0 saturated carbocycles. The summed E-state index contributed by atoms with van der Waals surface area (Å²) >= 11 is 0. The molecule has 1 heterocycles. The van der Waals surface area contributed by atoms with Crippen molar-refractivity contribution in [3.8, 4) is 0 Å². The first-order valence-corrected chi connectivity index (χ1v) is 4.11. The van der Waals surface area contributed by atoms with Gasteiger partial charge in [-0.2, -0.15) is 0 Å². The van der Waals surface area contributed by atoms with E-state index in [1.807, 2.05) is 0 Å². The lowest BCUT2D eigenvalue weighted by molar-refractivity contribution is 0.0108. The Hall–Kier alpha value is -1.82. The third-order valence-electron chi connectivity index (χ3n) is 1.75. The van der Waals surface area contributed by atoms with Crippen molar-refractivity contribution in [2.45, 2.75) is 12.2 Å². The lowest BCUT2D eigenvalue weighted by Crippen LogP contribution is -2.20. The van der Waals surface area contributed by atoms with Crippen molar-refractivity contribution < 1.29 is 19.4 Å². The Kier molecular flexibility index (Phi) is 3.87. The van der Waals surface area contributed by atoms with Gasteiger partial charge in [0.05, 0.1) is 12.6 Å². The quantitative estimate of drug-likeness (QED) is 0.324. The van der Waals surface area contributed by atoms with Gasteiger partial charge >= 0.3 is 0 Å². The Balaban J connectivity index is 2.70. The van der Waals surface area contributed by atoms with Crippen LogP contribution in [0.2, 0.25) is 0 Å². The fourth-order valence-electron chi connectivity index (χ4n) is 1.00. The molecule has 0 aromatic carbocycles. The minimum Gasteiger partial charge on any atom is -0.455 e. The van der Waals surface area contributed by atoms with Gasteiger partial charge in [0.2, 0.25) is 0 Å². The zero-order valence-corrected chi connectivity index (χ0v) is 7.65. The van der Waals surface area contributed by atoms with E-state index in [1.165, 1.54) is 12.1 Å². The molecule has 80 valence electrons. The van der Waals surface area contributed by atoms with E-state index in [4.69, 9.17) is 9.95 Å². The first-order valence-electron chi connectivity index (χ1n) is 4.11. The Morgan fingerprint density at radius 1 is 1.60 bits per heavy atom. The maximum absolute atomic E-state index is 10.3. The summed E-state index contributed by atoms with van der Waals surface area (Å²) in [4.78, 5) is 12.7. The number of azide groups is 1. The highest BCUT2D eigenvalue weighted by Gasteiger charge is 2.20. The number of furan rings is 1. The van der Waals surface area contributed by atoms with Gasteiger partial charge in [-0.15, -0.1) is 0 Å². The van der Waals surface area contributed by atoms with Crippen LogP contribution >= 0.6 is 0 Å². The Labute approximate surface area is 84.6 Å². The van der Waals surface area contributed by atoms with Gasteiger partial charge in [0.1, 0.15) is 11.9 Å². The molecule has 1 rings (SSSR count). The molecule has 0 aliphatic carbocycles. The molecule has 15 heavy (non-hydrogen) atoms. The van der Waals surface area contributed by atoms with Gasteiger partial charge in [-0.25, -0.2) is 0 Å². The Morgan fingerprint density at radius 3 is 2.87 bits per heavy atom. The zero-order valence-electron chi connectivity index (χ0n) is 7.65. The van der Waals surface area contributed by atoms with Crippen molar-refractivity contribution in [1.29, 1.82) is 0 Å². The van der Waals surface area contributed by atoms with Crippen LogP contribution < -0.4 is 0 Å². The van der Waals surface area contributed by atoms with Crippen molar-refractivity contribution in [3.63, 3.8) is 0 Å². The number of rotatable bonds is 5. The van der Waals surface area contributed by atoms with Crippen LogP contribution in [0.3, 0.4) is 0 Å². The molecule has 0 radical (unpaired) electrons. The number of aliphatic hydroxyl groups is 2. The van der Waals surface area contributed by atoms with Crippen LogP contribution in [0.1, 0.15) is 22.4 Å². The second-order valence-electron chi connectivity index (χ2n) is 2.78. The third-order valence-corrected chi connectivity index (χ3v) is 1.75. The van der Waals surface area contributed by atoms with Crippen LogP contribution in [0.5, 0.6) is 0 Å². The van der Waals surface area contributed by atoms with E-state index < -0.39 is 12.2 Å². The van der Waals surface area contributed by atoms with Gasteiger partial charge < -0.3 is 14.6 Å². The van der Waals surface area contributed by atoms with Crippen LogP contribution in [0.25, 0.3) is 10.4 Å². The highest BCUT2D eigenvalue weighted by Crippen LogP contribution is 2.19. The minimum absolute atomic E-state index is 0.0535. The number of hydrogen-bond donors (Lipinski definition) is 2. The predicted octanol–water partition coefficient (Wildman–Crippen LogP) is 0.797. The molecular formula is C8H9N3O4. The number of aldehydes is 1. The molecule has 0 fully saturated rings. The molecule has 0 aliphatic heterocycles. The SMILES string of the molecule is [N-]=[N+]=NCC(O)C(O)c1ccc(C=O)o1. The van der Waals surface area contributed by atoms with Crippen LogP contribution in [0.4, 0.5) is 0 Å². The van der Waals surface area contributed by atoms with Gasteiger partial charge in [-0.1, -0.05) is 5.11 Å². The van der Waals surface area contributed by atoms with Crippen LogP contribution in [0.15, 0.2) is 21.7 Å². The van der Waals surface area contributed by atoms with Gasteiger partial charge in [-0.3, -0.25) is 4.79 Å². The Morgan fingerprint density at radius 2 is 2.33 bits per heavy atom. The van der Waals surface area contributed by atoms with Crippen LogP contribution in [-0.4, -0.2) is 29.1 Å². The van der Waals surface area contributed by atoms with Gasteiger partial charge in [-0.05, 0) is 17.7 Å². The van der Waals surface area contributed by atoms with E-state index in [0.29, 0.717) is 6.29 Å². The first-order chi connectivity index (χ1) is 7.19. The highest BCUT2D eigenvalue weighted by molar-refractivity contribution is 5.70. The van der Waals surface area contributed by atoms with Crippen LogP contribution in [0, 0.1) is 0 Å². The molecule has 1 aromatic heterocycles. The molecule has 0 aliphatic rings. The maximum atomic E-state index is 10.3. The third kappa shape index (κ3) is 2.81. The Bertz CT molecular complexity index is 383. The van der Waals surface area contributed by atoms with Gasteiger partial charge in [0.25, 0.3) is 0 Å². The lowest BCUT2D eigenvalue weighted by atomic mass is 10.1. The largest absolute Gasteiger partial charge is 0.455 e. The summed E-state index contributed by atoms with van der Waals surface area (Å²) in [5.74, 6) is 0.109. The first kappa shape index (κ1) is 11.3. The van der Waals surface area contributed by atoms with Crippen molar-refractivity contribution >= 4 is 6.29 Å². The molecular weight excluding hydrogens is 202 g/mol. The maximum Gasteiger partial charge on any atom is 0.185 e. The summed E-state index contributed by atoms with van der Waals surface area (Å²) in [5.41, 5.74) is 8.01. The summed E-state index contributed by atoms with van der Waals surface area (Å²) < 4.78 is 4.88. The van der Waals surface area contributed by atoms with Crippen molar-refractivity contribution in [1.82, 2.24) is 0 Å². The normalized spacial score (nSPS) is 14.0. The van der Waals surface area contributed by atoms with Crippen molar-refractivity contribution in [3.05, 3.63) is 34.1 Å². The number of aliphatic hydroxyl groups excluding tert-OH is 2.